The van der Waals surface area contributed by atoms with Gasteiger partial charge in [-0.05, 0) is 37.1 Å². The Balaban J connectivity index is 1.77. The highest BCUT2D eigenvalue weighted by molar-refractivity contribution is 5.77. The van der Waals surface area contributed by atoms with Crippen LogP contribution in [0.4, 0.5) is 5.82 Å². The van der Waals surface area contributed by atoms with Crippen molar-refractivity contribution in [2.24, 2.45) is 0 Å². The second-order valence-electron chi connectivity index (χ2n) is 6.16. The number of fused-ring (bicyclic) bond motifs is 1. The quantitative estimate of drug-likeness (QED) is 0.695. The van der Waals surface area contributed by atoms with E-state index in [1.165, 1.54) is 25.7 Å². The topological polar surface area (TPSA) is 38.3 Å². The van der Waals surface area contributed by atoms with Crippen molar-refractivity contribution in [3.63, 3.8) is 0 Å². The zero-order valence-electron chi connectivity index (χ0n) is 13.7. The molecule has 4 nitrogen and oxygen atoms in total. The van der Waals surface area contributed by atoms with Gasteiger partial charge < -0.3 is 9.64 Å². The molecular formula is C20H21N3O. The minimum atomic E-state index is 0.599. The van der Waals surface area contributed by atoms with E-state index in [0.29, 0.717) is 5.88 Å². The summed E-state index contributed by atoms with van der Waals surface area (Å²) >= 11 is 0. The van der Waals surface area contributed by atoms with Gasteiger partial charge in [0, 0.05) is 13.1 Å². The Morgan fingerprint density at radius 3 is 2.04 bits per heavy atom. The molecule has 0 bridgehead atoms. The van der Waals surface area contributed by atoms with Gasteiger partial charge in [-0.3, -0.25) is 0 Å². The Kier molecular flexibility index (Phi) is 4.28. The molecule has 2 aromatic carbocycles. The van der Waals surface area contributed by atoms with E-state index in [0.717, 1.165) is 35.7 Å². The third-order valence-electron chi connectivity index (χ3n) is 4.38. The molecule has 4 rings (SSSR count). The van der Waals surface area contributed by atoms with E-state index in [2.05, 4.69) is 4.90 Å². The molecule has 1 aromatic heterocycles. The van der Waals surface area contributed by atoms with Crippen LogP contribution in [0.1, 0.15) is 25.7 Å². The summed E-state index contributed by atoms with van der Waals surface area (Å²) in [5.74, 6) is 2.25. The molecular weight excluding hydrogens is 298 g/mol. The number of aromatic nitrogens is 2. The van der Waals surface area contributed by atoms with Gasteiger partial charge >= 0.3 is 0 Å². The molecule has 0 N–H and O–H groups in total. The normalized spacial score (nSPS) is 15.2. The van der Waals surface area contributed by atoms with E-state index < -0.39 is 0 Å². The van der Waals surface area contributed by atoms with Crippen molar-refractivity contribution < 1.29 is 4.74 Å². The lowest BCUT2D eigenvalue weighted by molar-refractivity contribution is 0.461. The average Bonchev–Trinajstić information content (AvgIpc) is 2.91. The predicted molar refractivity (Wildman–Crippen MR) is 96.7 cm³/mol. The number of anilines is 1. The SMILES string of the molecule is c1ccc(Oc2nc3ccccc3nc2N2CCCCCC2)cc1. The lowest BCUT2D eigenvalue weighted by Crippen LogP contribution is -2.25. The molecule has 4 heteroatoms. The van der Waals surface area contributed by atoms with E-state index in [1.807, 2.05) is 54.6 Å². The smallest absolute Gasteiger partial charge is 0.263 e. The third kappa shape index (κ3) is 3.18. The fourth-order valence-corrected chi connectivity index (χ4v) is 3.13. The maximum atomic E-state index is 6.10. The summed E-state index contributed by atoms with van der Waals surface area (Å²) in [5, 5.41) is 0. The molecule has 1 aliphatic heterocycles. The number of hydrogen-bond acceptors (Lipinski definition) is 4. The highest BCUT2D eigenvalue weighted by atomic mass is 16.5. The Morgan fingerprint density at radius 1 is 0.708 bits per heavy atom. The van der Waals surface area contributed by atoms with Gasteiger partial charge in [0.15, 0.2) is 5.82 Å². The van der Waals surface area contributed by atoms with Crippen molar-refractivity contribution in [1.82, 2.24) is 9.97 Å². The molecule has 0 atom stereocenters. The highest BCUT2D eigenvalue weighted by Crippen LogP contribution is 2.32. The van der Waals surface area contributed by atoms with Crippen LogP contribution >= 0.6 is 0 Å². The van der Waals surface area contributed by atoms with Crippen LogP contribution in [0.5, 0.6) is 11.6 Å². The summed E-state index contributed by atoms with van der Waals surface area (Å²) in [5.41, 5.74) is 1.78. The maximum Gasteiger partial charge on any atom is 0.263 e. The molecule has 0 radical (unpaired) electrons. The number of benzene rings is 2. The minimum absolute atomic E-state index is 0.599. The van der Waals surface area contributed by atoms with Crippen LogP contribution in [0.3, 0.4) is 0 Å². The van der Waals surface area contributed by atoms with Gasteiger partial charge in [-0.1, -0.05) is 43.2 Å². The van der Waals surface area contributed by atoms with Gasteiger partial charge in [-0.2, -0.15) is 0 Å². The number of ether oxygens (including phenoxy) is 1. The second-order valence-corrected chi connectivity index (χ2v) is 6.16. The lowest BCUT2D eigenvalue weighted by Gasteiger charge is -2.23. The van der Waals surface area contributed by atoms with Crippen molar-refractivity contribution in [1.29, 1.82) is 0 Å². The van der Waals surface area contributed by atoms with Crippen LogP contribution < -0.4 is 9.64 Å². The summed E-state index contributed by atoms with van der Waals surface area (Å²) < 4.78 is 6.10. The molecule has 0 unspecified atom stereocenters. The van der Waals surface area contributed by atoms with E-state index in [4.69, 9.17) is 14.7 Å². The number of nitrogens with zero attached hydrogens (tertiary/aromatic N) is 3. The Labute approximate surface area is 142 Å². The first kappa shape index (κ1) is 14.9. The van der Waals surface area contributed by atoms with Crippen molar-refractivity contribution >= 4 is 16.9 Å². The predicted octanol–water partition coefficient (Wildman–Crippen LogP) is 4.80. The number of para-hydroxylation sites is 3. The van der Waals surface area contributed by atoms with Gasteiger partial charge in [0.05, 0.1) is 11.0 Å². The van der Waals surface area contributed by atoms with E-state index >= 15 is 0 Å². The van der Waals surface area contributed by atoms with Gasteiger partial charge in [0.25, 0.3) is 5.88 Å². The average molecular weight is 319 g/mol. The molecule has 3 aromatic rings. The summed E-state index contributed by atoms with van der Waals surface area (Å²) in [6.45, 7) is 2.02. The third-order valence-corrected chi connectivity index (χ3v) is 4.38. The van der Waals surface area contributed by atoms with Crippen LogP contribution in [-0.2, 0) is 0 Å². The van der Waals surface area contributed by atoms with E-state index in [9.17, 15) is 0 Å². The molecule has 0 spiro atoms. The van der Waals surface area contributed by atoms with Crippen LogP contribution in [-0.4, -0.2) is 23.1 Å². The first-order valence-corrected chi connectivity index (χ1v) is 8.65. The zero-order chi connectivity index (χ0) is 16.2. The fourth-order valence-electron chi connectivity index (χ4n) is 3.13. The van der Waals surface area contributed by atoms with Gasteiger partial charge in [-0.15, -0.1) is 0 Å². The highest BCUT2D eigenvalue weighted by Gasteiger charge is 2.19. The fraction of sp³-hybridized carbons (Fsp3) is 0.300. The van der Waals surface area contributed by atoms with E-state index in [1.54, 1.807) is 0 Å². The molecule has 2 heterocycles. The van der Waals surface area contributed by atoms with Crippen LogP contribution in [0.2, 0.25) is 0 Å². The molecule has 1 saturated heterocycles. The Hall–Kier alpha value is -2.62. The van der Waals surface area contributed by atoms with Crippen molar-refractivity contribution in [3.05, 3.63) is 54.6 Å². The van der Waals surface area contributed by atoms with Gasteiger partial charge in [0.1, 0.15) is 5.75 Å². The zero-order valence-corrected chi connectivity index (χ0v) is 13.7. The largest absolute Gasteiger partial charge is 0.436 e. The molecule has 1 aliphatic rings. The lowest BCUT2D eigenvalue weighted by atomic mass is 10.2. The summed E-state index contributed by atoms with van der Waals surface area (Å²) in [7, 11) is 0. The summed E-state index contributed by atoms with van der Waals surface area (Å²) in [6.07, 6.45) is 4.96. The second kappa shape index (κ2) is 6.87. The molecule has 24 heavy (non-hydrogen) atoms. The monoisotopic (exact) mass is 319 g/mol. The Bertz CT molecular complexity index is 811. The first-order valence-electron chi connectivity index (χ1n) is 8.65. The van der Waals surface area contributed by atoms with Gasteiger partial charge in [-0.25, -0.2) is 9.97 Å². The summed E-state index contributed by atoms with van der Waals surface area (Å²) in [4.78, 5) is 11.9. The standard InChI is InChI=1S/C20H21N3O/c1-2-9-15-23(14-8-1)19-20(24-16-10-4-3-5-11-16)22-18-13-7-6-12-17(18)21-19/h3-7,10-13H,1-2,8-9,14-15H2. The maximum absolute atomic E-state index is 6.10. The molecule has 122 valence electrons. The molecule has 1 fully saturated rings. The van der Waals surface area contributed by atoms with Gasteiger partial charge in [0.2, 0.25) is 0 Å². The molecule has 0 aliphatic carbocycles. The van der Waals surface area contributed by atoms with Crippen molar-refractivity contribution in [2.75, 3.05) is 18.0 Å². The minimum Gasteiger partial charge on any atom is -0.436 e. The first-order chi connectivity index (χ1) is 11.9. The molecule has 0 amide bonds. The van der Waals surface area contributed by atoms with Crippen LogP contribution in [0, 0.1) is 0 Å². The summed E-state index contributed by atoms with van der Waals surface area (Å²) in [6, 6.07) is 17.8. The van der Waals surface area contributed by atoms with Crippen LogP contribution in [0.15, 0.2) is 54.6 Å². The van der Waals surface area contributed by atoms with Crippen LogP contribution in [0.25, 0.3) is 11.0 Å². The van der Waals surface area contributed by atoms with E-state index in [-0.39, 0.29) is 0 Å². The number of rotatable bonds is 3. The van der Waals surface area contributed by atoms with Crippen molar-refractivity contribution in [2.45, 2.75) is 25.7 Å². The Morgan fingerprint density at radius 2 is 1.33 bits per heavy atom. The molecule has 0 saturated carbocycles. The van der Waals surface area contributed by atoms with Crippen molar-refractivity contribution in [3.8, 4) is 11.6 Å². The number of hydrogen-bond donors (Lipinski definition) is 0.